The van der Waals surface area contributed by atoms with E-state index in [4.69, 9.17) is 28.9 Å². The minimum Gasteiger partial charge on any atom is -0.379 e. The maximum absolute atomic E-state index is 11.7. The molecule has 0 aliphatic carbocycles. The molecule has 6 nitrogen and oxygen atoms in total. The second-order valence-corrected chi connectivity index (χ2v) is 3.84. The van der Waals surface area contributed by atoms with Crippen LogP contribution in [0.5, 0.6) is 0 Å². The van der Waals surface area contributed by atoms with Gasteiger partial charge in [-0.2, -0.15) is 0 Å². The zero-order valence-electron chi connectivity index (χ0n) is 8.28. The minimum absolute atomic E-state index is 0.0966. The molecule has 0 unspecified atom stereocenters. The summed E-state index contributed by atoms with van der Waals surface area (Å²) in [6, 6.07) is 4.84. The summed E-state index contributed by atoms with van der Waals surface area (Å²) in [6.45, 7) is 0. The average Bonchev–Trinajstić information content (AvgIpc) is 2.71. The van der Waals surface area contributed by atoms with Gasteiger partial charge < -0.3 is 11.1 Å². The molecular weight excluding hydrogens is 267 g/mol. The lowest BCUT2D eigenvalue weighted by atomic mass is 10.3. The molecular formula is C9H6Cl2N4O2. The van der Waals surface area contributed by atoms with E-state index in [1.54, 1.807) is 18.2 Å². The number of amides is 1. The number of nitrogens with two attached hydrogens (primary N) is 1. The number of rotatable bonds is 2. The van der Waals surface area contributed by atoms with Gasteiger partial charge in [-0.1, -0.05) is 29.3 Å². The van der Waals surface area contributed by atoms with Crippen molar-refractivity contribution >= 4 is 40.6 Å². The second kappa shape index (κ2) is 4.60. The predicted octanol–water partition coefficient (Wildman–Crippen LogP) is 2.21. The number of nitrogens with zero attached hydrogens (tertiary/aromatic N) is 2. The van der Waals surface area contributed by atoms with Crippen molar-refractivity contribution in [2.45, 2.75) is 0 Å². The SMILES string of the molecule is Nc1nonc1C(=O)Nc1cccc(Cl)c1Cl. The fraction of sp³-hybridized carbons (Fsp3) is 0. The summed E-state index contributed by atoms with van der Waals surface area (Å²) < 4.78 is 4.31. The molecule has 0 saturated heterocycles. The van der Waals surface area contributed by atoms with E-state index in [2.05, 4.69) is 20.3 Å². The normalized spacial score (nSPS) is 10.2. The molecule has 0 fully saturated rings. The van der Waals surface area contributed by atoms with Crippen LogP contribution in [0.1, 0.15) is 10.5 Å². The quantitative estimate of drug-likeness (QED) is 0.874. The Bertz CT molecular complexity index is 570. The highest BCUT2D eigenvalue weighted by atomic mass is 35.5. The van der Waals surface area contributed by atoms with Crippen LogP contribution in [0.15, 0.2) is 22.8 Å². The summed E-state index contributed by atoms with van der Waals surface area (Å²) in [5.41, 5.74) is 5.62. The van der Waals surface area contributed by atoms with Crippen LogP contribution in [0, 0.1) is 0 Å². The Morgan fingerprint density at radius 3 is 2.76 bits per heavy atom. The fourth-order valence-electron chi connectivity index (χ4n) is 1.13. The Balaban J connectivity index is 2.25. The number of halogens is 2. The number of aromatic nitrogens is 2. The van der Waals surface area contributed by atoms with Crippen LogP contribution in [0.25, 0.3) is 0 Å². The molecule has 8 heteroatoms. The van der Waals surface area contributed by atoms with Gasteiger partial charge in [0.2, 0.25) is 11.5 Å². The Labute approximate surface area is 106 Å². The molecule has 1 heterocycles. The third-order valence-electron chi connectivity index (χ3n) is 1.93. The first-order valence-electron chi connectivity index (χ1n) is 4.43. The van der Waals surface area contributed by atoms with Gasteiger partial charge in [0.05, 0.1) is 15.7 Å². The van der Waals surface area contributed by atoms with E-state index in [1.165, 1.54) is 0 Å². The van der Waals surface area contributed by atoms with Gasteiger partial charge >= 0.3 is 0 Å². The lowest BCUT2D eigenvalue weighted by molar-refractivity contribution is 0.101. The molecule has 17 heavy (non-hydrogen) atoms. The van der Waals surface area contributed by atoms with Gasteiger partial charge in [0.15, 0.2) is 0 Å². The molecule has 1 aromatic heterocycles. The molecule has 0 aliphatic heterocycles. The fourth-order valence-corrected chi connectivity index (χ4v) is 1.48. The van der Waals surface area contributed by atoms with E-state index in [-0.39, 0.29) is 16.5 Å². The lowest BCUT2D eigenvalue weighted by Crippen LogP contribution is -2.14. The van der Waals surface area contributed by atoms with Crippen molar-refractivity contribution in [2.24, 2.45) is 0 Å². The number of benzene rings is 1. The van der Waals surface area contributed by atoms with Gasteiger partial charge in [0.25, 0.3) is 5.91 Å². The molecule has 88 valence electrons. The first-order chi connectivity index (χ1) is 8.09. The summed E-state index contributed by atoms with van der Waals surface area (Å²) in [4.78, 5) is 11.7. The van der Waals surface area contributed by atoms with Gasteiger partial charge in [-0.15, -0.1) is 0 Å². The number of nitrogen functional groups attached to an aromatic ring is 1. The molecule has 1 amide bonds. The smallest absolute Gasteiger partial charge is 0.281 e. The Hall–Kier alpha value is -1.79. The maximum atomic E-state index is 11.7. The van der Waals surface area contributed by atoms with Crippen LogP contribution < -0.4 is 11.1 Å². The van der Waals surface area contributed by atoms with E-state index in [0.29, 0.717) is 10.7 Å². The highest BCUT2D eigenvalue weighted by Crippen LogP contribution is 2.29. The zero-order valence-corrected chi connectivity index (χ0v) is 9.79. The highest BCUT2D eigenvalue weighted by Gasteiger charge is 2.17. The molecule has 2 rings (SSSR count). The summed E-state index contributed by atoms with van der Waals surface area (Å²) in [6.07, 6.45) is 0. The molecule has 0 atom stereocenters. The molecule has 0 bridgehead atoms. The Kier molecular flexibility index (Phi) is 3.16. The van der Waals surface area contributed by atoms with E-state index in [1.807, 2.05) is 0 Å². The number of anilines is 2. The number of hydrogen-bond donors (Lipinski definition) is 2. The van der Waals surface area contributed by atoms with Gasteiger partial charge in [0.1, 0.15) is 0 Å². The van der Waals surface area contributed by atoms with E-state index < -0.39 is 5.91 Å². The molecule has 0 aliphatic rings. The van der Waals surface area contributed by atoms with E-state index in [0.717, 1.165) is 0 Å². The Morgan fingerprint density at radius 1 is 1.35 bits per heavy atom. The summed E-state index contributed by atoms with van der Waals surface area (Å²) in [5, 5.41) is 9.72. The first kappa shape index (κ1) is 11.7. The van der Waals surface area contributed by atoms with Crippen molar-refractivity contribution in [1.29, 1.82) is 0 Å². The van der Waals surface area contributed by atoms with E-state index in [9.17, 15) is 4.79 Å². The van der Waals surface area contributed by atoms with Crippen LogP contribution in [-0.2, 0) is 0 Å². The number of hydrogen-bond acceptors (Lipinski definition) is 5. The van der Waals surface area contributed by atoms with Gasteiger partial charge in [-0.3, -0.25) is 4.79 Å². The molecule has 0 radical (unpaired) electrons. The Morgan fingerprint density at radius 2 is 2.12 bits per heavy atom. The lowest BCUT2D eigenvalue weighted by Gasteiger charge is -2.06. The number of carbonyl (C=O) groups excluding carboxylic acids is 1. The first-order valence-corrected chi connectivity index (χ1v) is 5.18. The van der Waals surface area contributed by atoms with Crippen LogP contribution in [-0.4, -0.2) is 16.2 Å². The van der Waals surface area contributed by atoms with Crippen molar-refractivity contribution in [3.05, 3.63) is 33.9 Å². The average molecular weight is 273 g/mol. The highest BCUT2D eigenvalue weighted by molar-refractivity contribution is 6.44. The standard InChI is InChI=1S/C9H6Cl2N4O2/c10-4-2-1-3-5(6(4)11)13-9(16)7-8(12)15-17-14-7/h1-3H,(H2,12,15)(H,13,16). The predicted molar refractivity (Wildman–Crippen MR) is 63.1 cm³/mol. The van der Waals surface area contributed by atoms with Crippen molar-refractivity contribution in [1.82, 2.24) is 10.3 Å². The van der Waals surface area contributed by atoms with Crippen LogP contribution in [0.4, 0.5) is 11.5 Å². The van der Waals surface area contributed by atoms with Crippen LogP contribution >= 0.6 is 23.2 Å². The molecule has 2 aromatic rings. The van der Waals surface area contributed by atoms with Crippen molar-refractivity contribution in [3.63, 3.8) is 0 Å². The summed E-state index contributed by atoms with van der Waals surface area (Å²) >= 11 is 11.7. The van der Waals surface area contributed by atoms with E-state index >= 15 is 0 Å². The minimum atomic E-state index is -0.576. The van der Waals surface area contributed by atoms with Crippen LogP contribution in [0.3, 0.4) is 0 Å². The van der Waals surface area contributed by atoms with Crippen molar-refractivity contribution < 1.29 is 9.42 Å². The topological polar surface area (TPSA) is 94.0 Å². The third-order valence-corrected chi connectivity index (χ3v) is 2.75. The van der Waals surface area contributed by atoms with Gasteiger partial charge in [0, 0.05) is 0 Å². The molecule has 1 aromatic carbocycles. The summed E-state index contributed by atoms with van der Waals surface area (Å²) in [7, 11) is 0. The van der Waals surface area contributed by atoms with Crippen molar-refractivity contribution in [3.8, 4) is 0 Å². The molecule has 0 saturated carbocycles. The number of nitrogens with one attached hydrogen (secondary N) is 1. The van der Waals surface area contributed by atoms with Crippen LogP contribution in [0.2, 0.25) is 10.0 Å². The zero-order chi connectivity index (χ0) is 12.4. The monoisotopic (exact) mass is 272 g/mol. The third kappa shape index (κ3) is 2.32. The maximum Gasteiger partial charge on any atom is 0.281 e. The largest absolute Gasteiger partial charge is 0.379 e. The van der Waals surface area contributed by atoms with Gasteiger partial charge in [-0.05, 0) is 22.4 Å². The number of carbonyl (C=O) groups is 1. The second-order valence-electron chi connectivity index (χ2n) is 3.05. The molecule has 0 spiro atoms. The van der Waals surface area contributed by atoms with Crippen molar-refractivity contribution in [2.75, 3.05) is 11.1 Å². The summed E-state index contributed by atoms with van der Waals surface area (Å²) in [5.74, 6) is -0.673. The molecule has 3 N–H and O–H groups in total. The van der Waals surface area contributed by atoms with Gasteiger partial charge in [-0.25, -0.2) is 4.63 Å².